The van der Waals surface area contributed by atoms with Crippen LogP contribution in [0.15, 0.2) is 72.8 Å². The van der Waals surface area contributed by atoms with E-state index in [4.69, 9.17) is 9.47 Å². The zero-order valence-electron chi connectivity index (χ0n) is 24.0. The van der Waals surface area contributed by atoms with E-state index in [-0.39, 0.29) is 5.97 Å². The van der Waals surface area contributed by atoms with E-state index in [0.29, 0.717) is 17.9 Å². The number of hydrogen-bond acceptors (Lipinski definition) is 4. The summed E-state index contributed by atoms with van der Waals surface area (Å²) in [7, 11) is 4.06. The summed E-state index contributed by atoms with van der Waals surface area (Å²) in [6.07, 6.45) is 17.2. The third kappa shape index (κ3) is 11.4. The van der Waals surface area contributed by atoms with Crippen LogP contribution in [0.2, 0.25) is 0 Å². The van der Waals surface area contributed by atoms with Crippen molar-refractivity contribution in [2.75, 3.05) is 25.6 Å². The highest BCUT2D eigenvalue weighted by Crippen LogP contribution is 2.19. The first-order valence-electron chi connectivity index (χ1n) is 14.6. The van der Waals surface area contributed by atoms with Crippen LogP contribution in [0.1, 0.15) is 92.6 Å². The molecule has 0 aromatic heterocycles. The summed E-state index contributed by atoms with van der Waals surface area (Å²) in [6.45, 7) is 2.97. The molecule has 3 rings (SSSR count). The van der Waals surface area contributed by atoms with E-state index in [1.54, 1.807) is 12.1 Å². The fourth-order valence-corrected chi connectivity index (χ4v) is 4.36. The number of benzene rings is 3. The van der Waals surface area contributed by atoms with Gasteiger partial charge in [-0.1, -0.05) is 101 Å². The Hall–Kier alpha value is -3.53. The van der Waals surface area contributed by atoms with Gasteiger partial charge in [0.05, 0.1) is 12.2 Å². The number of rotatable bonds is 17. The van der Waals surface area contributed by atoms with E-state index in [9.17, 15) is 4.79 Å². The van der Waals surface area contributed by atoms with Crippen LogP contribution >= 0.6 is 0 Å². The average Bonchev–Trinajstić information content (AvgIpc) is 2.96. The van der Waals surface area contributed by atoms with Crippen LogP contribution < -0.4 is 14.4 Å². The molecule has 0 spiro atoms. The normalized spacial score (nSPS) is 11.1. The summed E-state index contributed by atoms with van der Waals surface area (Å²) in [5, 5.41) is 0. The first kappa shape index (κ1) is 30.0. The van der Waals surface area contributed by atoms with E-state index in [2.05, 4.69) is 42.2 Å². The maximum atomic E-state index is 12.6. The van der Waals surface area contributed by atoms with Gasteiger partial charge in [0.2, 0.25) is 0 Å². The minimum Gasteiger partial charge on any atom is -0.494 e. The van der Waals surface area contributed by atoms with Crippen LogP contribution in [0.4, 0.5) is 5.69 Å². The van der Waals surface area contributed by atoms with Crippen molar-refractivity contribution in [3.63, 3.8) is 0 Å². The molecule has 3 aromatic carbocycles. The Bertz CT molecular complexity index is 1120. The summed E-state index contributed by atoms with van der Waals surface area (Å²) in [6, 6.07) is 23.1. The van der Waals surface area contributed by atoms with Gasteiger partial charge in [-0.15, -0.1) is 0 Å². The van der Waals surface area contributed by atoms with Crippen LogP contribution in [0.25, 0.3) is 12.2 Å². The minimum absolute atomic E-state index is 0.375. The number of esters is 1. The van der Waals surface area contributed by atoms with E-state index in [1.165, 1.54) is 63.5 Å². The van der Waals surface area contributed by atoms with Crippen molar-refractivity contribution in [2.24, 2.45) is 0 Å². The molecule has 0 aliphatic rings. The van der Waals surface area contributed by atoms with Gasteiger partial charge in [0.25, 0.3) is 0 Å². The van der Waals surface area contributed by atoms with E-state index in [0.717, 1.165) is 23.3 Å². The lowest BCUT2D eigenvalue weighted by Crippen LogP contribution is -2.08. The highest BCUT2D eigenvalue weighted by molar-refractivity contribution is 5.91. The molecule has 0 unspecified atom stereocenters. The molecular weight excluding hydrogens is 482 g/mol. The predicted octanol–water partition coefficient (Wildman–Crippen LogP) is 9.44. The van der Waals surface area contributed by atoms with E-state index < -0.39 is 0 Å². The second kappa shape index (κ2) is 17.1. The van der Waals surface area contributed by atoms with Gasteiger partial charge in [-0.25, -0.2) is 4.79 Å². The average molecular weight is 528 g/mol. The van der Waals surface area contributed by atoms with Crippen molar-refractivity contribution in [1.82, 2.24) is 0 Å². The monoisotopic (exact) mass is 527 g/mol. The number of anilines is 1. The van der Waals surface area contributed by atoms with Crippen molar-refractivity contribution >= 4 is 23.8 Å². The van der Waals surface area contributed by atoms with Crippen molar-refractivity contribution in [2.45, 2.75) is 71.1 Å². The van der Waals surface area contributed by atoms with Crippen LogP contribution in [0, 0.1) is 0 Å². The van der Waals surface area contributed by atoms with Gasteiger partial charge in [0.15, 0.2) is 0 Å². The van der Waals surface area contributed by atoms with Gasteiger partial charge < -0.3 is 14.4 Å². The Labute approximate surface area is 235 Å². The van der Waals surface area contributed by atoms with Gasteiger partial charge in [0.1, 0.15) is 11.5 Å². The molecule has 0 heterocycles. The van der Waals surface area contributed by atoms with Gasteiger partial charge in [-0.2, -0.15) is 0 Å². The van der Waals surface area contributed by atoms with Gasteiger partial charge in [-0.05, 0) is 66.1 Å². The molecule has 0 fully saturated rings. The number of unbranched alkanes of at least 4 members (excludes halogenated alkanes) is 9. The summed E-state index contributed by atoms with van der Waals surface area (Å²) in [5.41, 5.74) is 3.85. The van der Waals surface area contributed by atoms with Crippen molar-refractivity contribution < 1.29 is 14.3 Å². The smallest absolute Gasteiger partial charge is 0.343 e. The molecule has 0 N–H and O–H groups in total. The minimum atomic E-state index is -0.375. The number of ether oxygens (including phenoxy) is 2. The first-order valence-corrected chi connectivity index (χ1v) is 14.6. The largest absolute Gasteiger partial charge is 0.494 e. The quantitative estimate of drug-likeness (QED) is 0.0758. The topological polar surface area (TPSA) is 38.8 Å². The molecule has 4 nitrogen and oxygen atoms in total. The van der Waals surface area contributed by atoms with Crippen LogP contribution in [0.5, 0.6) is 11.5 Å². The number of hydrogen-bond donors (Lipinski definition) is 0. The summed E-state index contributed by atoms with van der Waals surface area (Å²) in [5.74, 6) is 0.934. The second-order valence-corrected chi connectivity index (χ2v) is 10.3. The predicted molar refractivity (Wildman–Crippen MR) is 165 cm³/mol. The second-order valence-electron chi connectivity index (χ2n) is 10.3. The summed E-state index contributed by atoms with van der Waals surface area (Å²) in [4.78, 5) is 14.7. The van der Waals surface area contributed by atoms with Crippen molar-refractivity contribution in [3.05, 3.63) is 89.5 Å². The van der Waals surface area contributed by atoms with Crippen LogP contribution in [0.3, 0.4) is 0 Å². The molecule has 0 radical (unpaired) electrons. The fraction of sp³-hybridized carbons (Fsp3) is 0.400. The molecule has 39 heavy (non-hydrogen) atoms. The molecule has 3 aromatic rings. The standard InChI is InChI=1S/C35H45NO3/c1-4-5-6-7-8-9-10-11-12-13-28-38-33-26-20-31(21-27-33)35(37)39-34-24-18-30(19-25-34)15-14-29-16-22-32(23-17-29)36(2)3/h14-27H,4-13,28H2,1-3H3. The maximum absolute atomic E-state index is 12.6. The first-order chi connectivity index (χ1) is 19.0. The van der Waals surface area contributed by atoms with Crippen molar-refractivity contribution in [1.29, 1.82) is 0 Å². The lowest BCUT2D eigenvalue weighted by molar-refractivity contribution is 0.0734. The molecule has 0 aliphatic carbocycles. The van der Waals surface area contributed by atoms with E-state index in [1.807, 2.05) is 56.6 Å². The van der Waals surface area contributed by atoms with Gasteiger partial charge in [-0.3, -0.25) is 0 Å². The SMILES string of the molecule is CCCCCCCCCCCCOc1ccc(C(=O)Oc2ccc(C=Cc3ccc(N(C)C)cc3)cc2)cc1. The Morgan fingerprint density at radius 3 is 1.67 bits per heavy atom. The lowest BCUT2D eigenvalue weighted by atomic mass is 10.1. The zero-order chi connectivity index (χ0) is 27.7. The highest BCUT2D eigenvalue weighted by Gasteiger charge is 2.09. The molecule has 0 saturated carbocycles. The molecule has 0 bridgehead atoms. The molecule has 0 aliphatic heterocycles. The van der Waals surface area contributed by atoms with Gasteiger partial charge in [0, 0.05) is 19.8 Å². The number of carbonyl (C=O) groups is 1. The third-order valence-corrected chi connectivity index (χ3v) is 6.83. The molecule has 0 atom stereocenters. The van der Waals surface area contributed by atoms with Gasteiger partial charge >= 0.3 is 5.97 Å². The Morgan fingerprint density at radius 2 is 1.13 bits per heavy atom. The Morgan fingerprint density at radius 1 is 0.641 bits per heavy atom. The molecule has 208 valence electrons. The molecule has 0 amide bonds. The Kier molecular flexibility index (Phi) is 13.2. The number of carbonyl (C=O) groups excluding carboxylic acids is 1. The zero-order valence-corrected chi connectivity index (χ0v) is 24.0. The van der Waals surface area contributed by atoms with Crippen molar-refractivity contribution in [3.8, 4) is 11.5 Å². The van der Waals surface area contributed by atoms with E-state index >= 15 is 0 Å². The summed E-state index contributed by atoms with van der Waals surface area (Å²) < 4.78 is 11.4. The third-order valence-electron chi connectivity index (χ3n) is 6.83. The summed E-state index contributed by atoms with van der Waals surface area (Å²) >= 11 is 0. The Balaban J connectivity index is 1.34. The number of nitrogens with zero attached hydrogens (tertiary/aromatic N) is 1. The molecule has 0 saturated heterocycles. The lowest BCUT2D eigenvalue weighted by Gasteiger charge is -2.11. The highest BCUT2D eigenvalue weighted by atomic mass is 16.5. The molecule has 4 heteroatoms. The fourth-order valence-electron chi connectivity index (χ4n) is 4.36. The van der Waals surface area contributed by atoms with Crippen LogP contribution in [-0.4, -0.2) is 26.7 Å². The van der Waals surface area contributed by atoms with Crippen LogP contribution in [-0.2, 0) is 0 Å². The molecular formula is C35H45NO3. The maximum Gasteiger partial charge on any atom is 0.343 e.